The maximum Gasteiger partial charge on any atom is 0.160 e. The summed E-state index contributed by atoms with van der Waals surface area (Å²) in [6.45, 7) is 2.86. The van der Waals surface area contributed by atoms with E-state index in [2.05, 4.69) is 17.2 Å². The van der Waals surface area contributed by atoms with Crippen LogP contribution in [0.3, 0.4) is 0 Å². The molecule has 0 aliphatic heterocycles. The Morgan fingerprint density at radius 3 is 3.00 bits per heavy atom. The standard InChI is InChI=1S/C13H16N2O2S/c1-9(15-7-11-6-14-8-18-11)10-3-4-12(16)13(5-10)17-2/h3-6,8-9,15-16H,7H2,1-2H3. The van der Waals surface area contributed by atoms with Crippen LogP contribution in [0.15, 0.2) is 29.9 Å². The molecule has 0 aliphatic rings. The molecule has 1 unspecified atom stereocenters. The van der Waals surface area contributed by atoms with Crippen molar-refractivity contribution in [1.29, 1.82) is 0 Å². The van der Waals surface area contributed by atoms with Crippen LogP contribution in [0.5, 0.6) is 11.5 Å². The number of benzene rings is 1. The van der Waals surface area contributed by atoms with Crippen molar-refractivity contribution < 1.29 is 9.84 Å². The molecule has 1 atom stereocenters. The van der Waals surface area contributed by atoms with Crippen LogP contribution in [0.2, 0.25) is 0 Å². The smallest absolute Gasteiger partial charge is 0.160 e. The van der Waals surface area contributed by atoms with Gasteiger partial charge in [0.25, 0.3) is 0 Å². The van der Waals surface area contributed by atoms with E-state index < -0.39 is 0 Å². The lowest BCUT2D eigenvalue weighted by molar-refractivity contribution is 0.372. The van der Waals surface area contributed by atoms with Gasteiger partial charge in [-0.3, -0.25) is 4.98 Å². The normalized spacial score (nSPS) is 12.3. The Labute approximate surface area is 110 Å². The Bertz CT molecular complexity index is 500. The zero-order valence-corrected chi connectivity index (χ0v) is 11.2. The molecule has 0 bridgehead atoms. The number of nitrogens with one attached hydrogen (secondary N) is 1. The molecule has 0 radical (unpaired) electrons. The second kappa shape index (κ2) is 5.84. The maximum absolute atomic E-state index is 9.54. The molecule has 5 heteroatoms. The molecule has 1 aromatic heterocycles. The Hall–Kier alpha value is -1.59. The first-order chi connectivity index (χ1) is 8.70. The average molecular weight is 264 g/mol. The summed E-state index contributed by atoms with van der Waals surface area (Å²) in [4.78, 5) is 5.24. The molecular formula is C13H16N2O2S. The molecule has 0 aliphatic carbocycles. The first kappa shape index (κ1) is 12.9. The summed E-state index contributed by atoms with van der Waals surface area (Å²) >= 11 is 1.63. The molecular weight excluding hydrogens is 248 g/mol. The molecule has 1 heterocycles. The summed E-state index contributed by atoms with van der Waals surface area (Å²) in [5.41, 5.74) is 2.90. The number of hydrogen-bond acceptors (Lipinski definition) is 5. The van der Waals surface area contributed by atoms with Gasteiger partial charge in [-0.05, 0) is 24.6 Å². The molecule has 2 N–H and O–H groups in total. The van der Waals surface area contributed by atoms with Gasteiger partial charge >= 0.3 is 0 Å². The average Bonchev–Trinajstić information content (AvgIpc) is 2.89. The molecule has 0 saturated heterocycles. The van der Waals surface area contributed by atoms with E-state index in [1.54, 1.807) is 24.5 Å². The van der Waals surface area contributed by atoms with Gasteiger partial charge in [0.1, 0.15) is 0 Å². The van der Waals surface area contributed by atoms with Gasteiger partial charge in [0, 0.05) is 23.7 Å². The third-order valence-electron chi connectivity index (χ3n) is 2.77. The summed E-state index contributed by atoms with van der Waals surface area (Å²) < 4.78 is 5.10. The first-order valence-corrected chi connectivity index (χ1v) is 6.56. The van der Waals surface area contributed by atoms with Crippen LogP contribution in [-0.2, 0) is 6.54 Å². The van der Waals surface area contributed by atoms with Crippen molar-refractivity contribution in [2.24, 2.45) is 0 Å². The molecule has 2 aromatic rings. The summed E-state index contributed by atoms with van der Waals surface area (Å²) in [6.07, 6.45) is 1.86. The highest BCUT2D eigenvalue weighted by Crippen LogP contribution is 2.28. The number of ether oxygens (including phenoxy) is 1. The lowest BCUT2D eigenvalue weighted by atomic mass is 10.1. The minimum absolute atomic E-state index is 0.163. The van der Waals surface area contributed by atoms with Gasteiger partial charge < -0.3 is 15.2 Å². The Balaban J connectivity index is 2.02. The van der Waals surface area contributed by atoms with E-state index in [1.165, 1.54) is 4.88 Å². The molecule has 0 amide bonds. The number of phenolic OH excluding ortho intramolecular Hbond substituents is 1. The second-order valence-corrected chi connectivity index (χ2v) is 4.97. The first-order valence-electron chi connectivity index (χ1n) is 5.68. The summed E-state index contributed by atoms with van der Waals surface area (Å²) in [6, 6.07) is 5.57. The minimum Gasteiger partial charge on any atom is -0.504 e. The highest BCUT2D eigenvalue weighted by molar-refractivity contribution is 7.09. The van der Waals surface area contributed by atoms with Gasteiger partial charge in [-0.15, -0.1) is 11.3 Å². The number of hydrogen-bond donors (Lipinski definition) is 2. The lowest BCUT2D eigenvalue weighted by Gasteiger charge is -2.15. The predicted octanol–water partition coefficient (Wildman–Crippen LogP) is 2.71. The number of rotatable bonds is 5. The number of nitrogens with zero attached hydrogens (tertiary/aromatic N) is 1. The Morgan fingerprint density at radius 1 is 1.50 bits per heavy atom. The number of thiazole rings is 1. The molecule has 4 nitrogen and oxygen atoms in total. The quantitative estimate of drug-likeness (QED) is 0.872. The van der Waals surface area contributed by atoms with Crippen LogP contribution < -0.4 is 10.1 Å². The van der Waals surface area contributed by atoms with Gasteiger partial charge in [-0.25, -0.2) is 0 Å². The minimum atomic E-state index is 0.163. The van der Waals surface area contributed by atoms with Crippen LogP contribution in [-0.4, -0.2) is 17.2 Å². The highest BCUT2D eigenvalue weighted by atomic mass is 32.1. The van der Waals surface area contributed by atoms with Crippen molar-refractivity contribution in [1.82, 2.24) is 10.3 Å². The van der Waals surface area contributed by atoms with E-state index in [1.807, 2.05) is 23.8 Å². The van der Waals surface area contributed by atoms with Crippen LogP contribution in [0.1, 0.15) is 23.4 Å². The summed E-state index contributed by atoms with van der Waals surface area (Å²) in [5, 5.41) is 13.0. The maximum atomic E-state index is 9.54. The molecule has 0 spiro atoms. The number of phenols is 1. The van der Waals surface area contributed by atoms with E-state index in [9.17, 15) is 5.11 Å². The Kier molecular flexibility index (Phi) is 4.17. The Morgan fingerprint density at radius 2 is 2.33 bits per heavy atom. The number of aromatic hydroxyl groups is 1. The third-order valence-corrected chi connectivity index (χ3v) is 3.55. The number of aromatic nitrogens is 1. The molecule has 18 heavy (non-hydrogen) atoms. The fourth-order valence-corrected chi connectivity index (χ4v) is 2.21. The van der Waals surface area contributed by atoms with E-state index in [-0.39, 0.29) is 11.8 Å². The van der Waals surface area contributed by atoms with Gasteiger partial charge in [-0.1, -0.05) is 6.07 Å². The molecule has 96 valence electrons. The van der Waals surface area contributed by atoms with Crippen LogP contribution >= 0.6 is 11.3 Å². The monoisotopic (exact) mass is 264 g/mol. The second-order valence-electron chi connectivity index (χ2n) is 4.00. The van der Waals surface area contributed by atoms with Crippen LogP contribution in [0.4, 0.5) is 0 Å². The van der Waals surface area contributed by atoms with Crippen LogP contribution in [0.25, 0.3) is 0 Å². The summed E-state index contributed by atoms with van der Waals surface area (Å²) in [7, 11) is 1.55. The van der Waals surface area contributed by atoms with E-state index >= 15 is 0 Å². The van der Waals surface area contributed by atoms with Gasteiger partial charge in [0.05, 0.1) is 12.6 Å². The predicted molar refractivity (Wildman–Crippen MR) is 72.0 cm³/mol. The van der Waals surface area contributed by atoms with Crippen molar-refractivity contribution in [3.63, 3.8) is 0 Å². The van der Waals surface area contributed by atoms with E-state index in [0.717, 1.165) is 12.1 Å². The number of methoxy groups -OCH3 is 1. The zero-order chi connectivity index (χ0) is 13.0. The van der Waals surface area contributed by atoms with Gasteiger partial charge in [0.2, 0.25) is 0 Å². The highest BCUT2D eigenvalue weighted by Gasteiger charge is 2.09. The largest absolute Gasteiger partial charge is 0.504 e. The van der Waals surface area contributed by atoms with Crippen molar-refractivity contribution in [2.75, 3.05) is 7.11 Å². The summed E-state index contributed by atoms with van der Waals surface area (Å²) in [5.74, 6) is 0.662. The van der Waals surface area contributed by atoms with Crippen molar-refractivity contribution in [2.45, 2.75) is 19.5 Å². The van der Waals surface area contributed by atoms with Crippen molar-refractivity contribution in [3.8, 4) is 11.5 Å². The molecule has 0 saturated carbocycles. The zero-order valence-electron chi connectivity index (χ0n) is 10.4. The van der Waals surface area contributed by atoms with E-state index in [4.69, 9.17) is 4.74 Å². The van der Waals surface area contributed by atoms with Crippen molar-refractivity contribution in [3.05, 3.63) is 40.3 Å². The molecule has 2 rings (SSSR count). The fourth-order valence-electron chi connectivity index (χ4n) is 1.66. The SMILES string of the molecule is COc1cc(C(C)NCc2cncs2)ccc1O. The van der Waals surface area contributed by atoms with Gasteiger partial charge in [0.15, 0.2) is 11.5 Å². The van der Waals surface area contributed by atoms with Crippen molar-refractivity contribution >= 4 is 11.3 Å². The fraction of sp³-hybridized carbons (Fsp3) is 0.308. The third kappa shape index (κ3) is 3.00. The molecule has 0 fully saturated rings. The van der Waals surface area contributed by atoms with Crippen LogP contribution in [0, 0.1) is 0 Å². The molecule has 1 aromatic carbocycles. The topological polar surface area (TPSA) is 54.4 Å². The lowest BCUT2D eigenvalue weighted by Crippen LogP contribution is -2.17. The van der Waals surface area contributed by atoms with E-state index in [0.29, 0.717) is 5.75 Å². The van der Waals surface area contributed by atoms with Gasteiger partial charge in [-0.2, -0.15) is 0 Å².